The molecule has 0 radical (unpaired) electrons. The fourth-order valence-corrected chi connectivity index (χ4v) is 3.28. The highest BCUT2D eigenvalue weighted by Gasteiger charge is 2.14. The molecule has 33 heavy (non-hydrogen) atoms. The first-order valence-electron chi connectivity index (χ1n) is 10.1. The minimum Gasteiger partial charge on any atom is -0.495 e. The van der Waals surface area contributed by atoms with Crippen LogP contribution in [0.4, 0.5) is 8.78 Å². The number of ether oxygens (including phenoxy) is 1. The number of hydrogen-bond acceptors (Lipinski definition) is 6. The van der Waals surface area contributed by atoms with Crippen LogP contribution in [0.5, 0.6) is 0 Å². The van der Waals surface area contributed by atoms with Crippen molar-refractivity contribution in [3.05, 3.63) is 77.4 Å². The number of furan rings is 1. The van der Waals surface area contributed by atoms with Gasteiger partial charge in [0.2, 0.25) is 0 Å². The number of hydrogen-bond donors (Lipinski definition) is 1. The highest BCUT2D eigenvalue weighted by Crippen LogP contribution is 2.26. The van der Waals surface area contributed by atoms with Crippen molar-refractivity contribution < 1.29 is 17.9 Å². The number of nitrogens with zero attached hydrogens (tertiary/aromatic N) is 3. The van der Waals surface area contributed by atoms with Gasteiger partial charge in [-0.15, -0.1) is 6.42 Å². The second-order valence-corrected chi connectivity index (χ2v) is 7.11. The summed E-state index contributed by atoms with van der Waals surface area (Å²) in [6, 6.07) is 6.08. The lowest BCUT2D eigenvalue weighted by molar-refractivity contribution is 0.316. The fraction of sp³-hybridized carbons (Fsp3) is 0.160. The molecule has 0 aliphatic carbocycles. The molecule has 2 aromatic heterocycles. The SMILES string of the molecule is C#CC1/N=C\C(OC)=C/C/N=C\C=C/1NCc1coc2ccc(-c3cc(F)cc(F)c3)nc12. The van der Waals surface area contributed by atoms with E-state index in [-0.39, 0.29) is 0 Å². The zero-order valence-electron chi connectivity index (χ0n) is 17.8. The Bertz CT molecular complexity index is 1310. The maximum Gasteiger partial charge on any atom is 0.152 e. The van der Waals surface area contributed by atoms with Gasteiger partial charge in [-0.2, -0.15) is 0 Å². The zero-order valence-corrected chi connectivity index (χ0v) is 17.8. The van der Waals surface area contributed by atoms with Crippen LogP contribution in [0.2, 0.25) is 0 Å². The Hall–Kier alpha value is -4.25. The van der Waals surface area contributed by atoms with Crippen LogP contribution in [-0.2, 0) is 11.3 Å². The molecule has 1 aromatic carbocycles. The van der Waals surface area contributed by atoms with E-state index in [0.717, 1.165) is 11.6 Å². The number of allylic oxidation sites excluding steroid dienone is 2. The molecule has 0 bridgehead atoms. The molecule has 4 rings (SSSR count). The quantitative estimate of drug-likeness (QED) is 0.589. The lowest BCUT2D eigenvalue weighted by Crippen LogP contribution is -2.22. The molecule has 1 unspecified atom stereocenters. The Morgan fingerprint density at radius 1 is 1.24 bits per heavy atom. The van der Waals surface area contributed by atoms with E-state index >= 15 is 0 Å². The van der Waals surface area contributed by atoms with Gasteiger partial charge in [0.1, 0.15) is 29.0 Å². The Kier molecular flexibility index (Phi) is 6.60. The van der Waals surface area contributed by atoms with E-state index < -0.39 is 17.7 Å². The topological polar surface area (TPSA) is 72.0 Å². The van der Waals surface area contributed by atoms with E-state index in [2.05, 4.69) is 26.2 Å². The molecule has 0 saturated heterocycles. The molecule has 1 N–H and O–H groups in total. The number of benzene rings is 1. The Morgan fingerprint density at radius 2 is 2.06 bits per heavy atom. The van der Waals surface area contributed by atoms with E-state index in [1.807, 2.05) is 0 Å². The molecule has 3 heterocycles. The zero-order chi connectivity index (χ0) is 23.2. The predicted molar refractivity (Wildman–Crippen MR) is 124 cm³/mol. The molecule has 8 heteroatoms. The van der Waals surface area contributed by atoms with Crippen molar-refractivity contribution >= 4 is 23.5 Å². The number of methoxy groups -OCH3 is 1. The number of terminal acetylenes is 1. The van der Waals surface area contributed by atoms with Crippen LogP contribution < -0.4 is 5.32 Å². The molecule has 6 nitrogen and oxygen atoms in total. The summed E-state index contributed by atoms with van der Waals surface area (Å²) in [5.41, 5.74) is 3.30. The molecule has 0 amide bonds. The standard InChI is InChI=1S/C25H20F2N4O2/c1-3-21-23(7-9-28-8-6-20(32-2)14-30-21)29-13-17-15-33-24-5-4-22(31-25(17)24)16-10-18(26)12-19(27)11-16/h1,4-7,9-12,14-15,21,29H,8,13H2,2H3/b20-6+,23-7+,28-9-,30-14-. The van der Waals surface area contributed by atoms with Crippen LogP contribution >= 0.6 is 0 Å². The highest BCUT2D eigenvalue weighted by atomic mass is 19.1. The molecule has 166 valence electrons. The first-order valence-corrected chi connectivity index (χ1v) is 10.1. The molecule has 1 atom stereocenters. The molecule has 0 fully saturated rings. The van der Waals surface area contributed by atoms with Crippen molar-refractivity contribution in [2.45, 2.75) is 12.6 Å². The van der Waals surface area contributed by atoms with E-state index in [4.69, 9.17) is 15.6 Å². The van der Waals surface area contributed by atoms with Crippen molar-refractivity contribution in [1.29, 1.82) is 0 Å². The summed E-state index contributed by atoms with van der Waals surface area (Å²) in [4.78, 5) is 13.3. The van der Waals surface area contributed by atoms with E-state index in [0.29, 0.717) is 46.9 Å². The van der Waals surface area contributed by atoms with Crippen molar-refractivity contribution in [2.24, 2.45) is 9.98 Å². The van der Waals surface area contributed by atoms with Gasteiger partial charge in [0.05, 0.1) is 31.8 Å². The van der Waals surface area contributed by atoms with Crippen LogP contribution in [0.1, 0.15) is 5.56 Å². The average Bonchev–Trinajstić information content (AvgIpc) is 3.22. The molecular formula is C25H20F2N4O2. The Morgan fingerprint density at radius 3 is 2.82 bits per heavy atom. The number of halogens is 2. The fourth-order valence-electron chi connectivity index (χ4n) is 3.28. The summed E-state index contributed by atoms with van der Waals surface area (Å²) in [6.07, 6.45) is 14.1. The third-order valence-corrected chi connectivity index (χ3v) is 4.93. The monoisotopic (exact) mass is 446 g/mol. The predicted octanol–water partition coefficient (Wildman–Crippen LogP) is 4.43. The van der Waals surface area contributed by atoms with Crippen LogP contribution in [0.3, 0.4) is 0 Å². The minimum atomic E-state index is -0.669. The second-order valence-electron chi connectivity index (χ2n) is 7.11. The number of aliphatic imine (C=N–C) groups is 2. The molecule has 3 aromatic rings. The molecule has 1 aliphatic rings. The van der Waals surface area contributed by atoms with Gasteiger partial charge in [-0.05, 0) is 36.4 Å². The van der Waals surface area contributed by atoms with Crippen LogP contribution in [-0.4, -0.2) is 37.1 Å². The largest absolute Gasteiger partial charge is 0.495 e. The molecule has 1 aliphatic heterocycles. The number of aromatic nitrogens is 1. The van der Waals surface area contributed by atoms with Crippen molar-refractivity contribution in [1.82, 2.24) is 10.3 Å². The van der Waals surface area contributed by atoms with Crippen molar-refractivity contribution in [2.75, 3.05) is 13.7 Å². The summed E-state index contributed by atoms with van der Waals surface area (Å²) in [5, 5.41) is 3.28. The van der Waals surface area contributed by atoms with Gasteiger partial charge in [-0.25, -0.2) is 13.8 Å². The summed E-state index contributed by atoms with van der Waals surface area (Å²) in [6.45, 7) is 0.779. The van der Waals surface area contributed by atoms with Gasteiger partial charge in [0, 0.05) is 35.6 Å². The number of nitrogens with one attached hydrogen (secondary N) is 1. The number of rotatable bonds is 5. The minimum absolute atomic E-state index is 0.335. The molecule has 0 saturated carbocycles. The maximum atomic E-state index is 13.7. The number of pyridine rings is 1. The maximum absolute atomic E-state index is 13.7. The first-order chi connectivity index (χ1) is 16.1. The second kappa shape index (κ2) is 9.92. The van der Waals surface area contributed by atoms with E-state index in [1.165, 1.54) is 12.1 Å². The van der Waals surface area contributed by atoms with Gasteiger partial charge < -0.3 is 14.5 Å². The van der Waals surface area contributed by atoms with Gasteiger partial charge in [0.25, 0.3) is 0 Å². The van der Waals surface area contributed by atoms with Gasteiger partial charge in [0.15, 0.2) is 5.58 Å². The summed E-state index contributed by atoms with van der Waals surface area (Å²) < 4.78 is 38.2. The first kappa shape index (κ1) is 22.0. The van der Waals surface area contributed by atoms with Gasteiger partial charge >= 0.3 is 0 Å². The highest BCUT2D eigenvalue weighted by molar-refractivity contribution is 5.80. The van der Waals surface area contributed by atoms with Crippen LogP contribution in [0.25, 0.3) is 22.4 Å². The Labute approximate surface area is 189 Å². The van der Waals surface area contributed by atoms with Crippen LogP contribution in [0, 0.1) is 24.0 Å². The van der Waals surface area contributed by atoms with Crippen LogP contribution in [0.15, 0.2) is 74.6 Å². The molecular weight excluding hydrogens is 426 g/mol. The lowest BCUT2D eigenvalue weighted by atomic mass is 10.1. The summed E-state index contributed by atoms with van der Waals surface area (Å²) in [5.74, 6) is 1.87. The summed E-state index contributed by atoms with van der Waals surface area (Å²) in [7, 11) is 1.55. The molecule has 0 spiro atoms. The third kappa shape index (κ3) is 5.15. The third-order valence-electron chi connectivity index (χ3n) is 4.93. The Balaban J connectivity index is 1.60. The summed E-state index contributed by atoms with van der Waals surface area (Å²) >= 11 is 0. The van der Waals surface area contributed by atoms with E-state index in [9.17, 15) is 8.78 Å². The lowest BCUT2D eigenvalue weighted by Gasteiger charge is -2.14. The number of fused-ring (bicyclic) bond motifs is 1. The van der Waals surface area contributed by atoms with Gasteiger partial charge in [-0.3, -0.25) is 9.98 Å². The normalized spacial score (nSPS) is 21.2. The van der Waals surface area contributed by atoms with Crippen molar-refractivity contribution in [3.63, 3.8) is 0 Å². The average molecular weight is 446 g/mol. The van der Waals surface area contributed by atoms with E-state index in [1.54, 1.807) is 50.1 Å². The smallest absolute Gasteiger partial charge is 0.152 e. The van der Waals surface area contributed by atoms with Crippen molar-refractivity contribution in [3.8, 4) is 23.6 Å². The van der Waals surface area contributed by atoms with Gasteiger partial charge in [-0.1, -0.05) is 5.92 Å².